The molecule has 18 heavy (non-hydrogen) atoms. The van der Waals surface area contributed by atoms with E-state index in [0.29, 0.717) is 6.54 Å². The minimum atomic E-state index is -0.178. The van der Waals surface area contributed by atoms with Crippen LogP contribution in [0.2, 0.25) is 0 Å². The SMILES string of the molecule is Cn1cnc2cc(CCNCC(N)CO)ccc21. The maximum Gasteiger partial charge on any atom is 0.0955 e. The lowest BCUT2D eigenvalue weighted by atomic mass is 10.1. The van der Waals surface area contributed by atoms with Crippen molar-refractivity contribution in [3.8, 4) is 0 Å². The Morgan fingerprint density at radius 2 is 2.33 bits per heavy atom. The van der Waals surface area contributed by atoms with Gasteiger partial charge in [0.05, 0.1) is 24.0 Å². The van der Waals surface area contributed by atoms with E-state index < -0.39 is 0 Å². The van der Waals surface area contributed by atoms with E-state index in [2.05, 4.69) is 28.5 Å². The monoisotopic (exact) mass is 248 g/mol. The van der Waals surface area contributed by atoms with Crippen LogP contribution in [0.15, 0.2) is 24.5 Å². The van der Waals surface area contributed by atoms with Gasteiger partial charge in [0.2, 0.25) is 0 Å². The van der Waals surface area contributed by atoms with Crippen molar-refractivity contribution in [1.82, 2.24) is 14.9 Å². The van der Waals surface area contributed by atoms with Crippen molar-refractivity contribution in [2.45, 2.75) is 12.5 Å². The Balaban J connectivity index is 1.88. The molecule has 0 aliphatic carbocycles. The quantitative estimate of drug-likeness (QED) is 0.630. The summed E-state index contributed by atoms with van der Waals surface area (Å²) in [5, 5.41) is 12.0. The summed E-state index contributed by atoms with van der Waals surface area (Å²) in [7, 11) is 1.99. The van der Waals surface area contributed by atoms with Gasteiger partial charge in [-0.1, -0.05) is 6.07 Å². The van der Waals surface area contributed by atoms with Gasteiger partial charge in [-0.3, -0.25) is 0 Å². The summed E-state index contributed by atoms with van der Waals surface area (Å²) in [5.41, 5.74) is 9.04. The smallest absolute Gasteiger partial charge is 0.0955 e. The molecule has 0 saturated carbocycles. The Morgan fingerprint density at radius 1 is 1.50 bits per heavy atom. The van der Waals surface area contributed by atoms with Crippen LogP contribution in [0.25, 0.3) is 11.0 Å². The summed E-state index contributed by atoms with van der Waals surface area (Å²) in [6.45, 7) is 1.52. The van der Waals surface area contributed by atoms with Gasteiger partial charge in [-0.15, -0.1) is 0 Å². The number of aryl methyl sites for hydroxylation is 1. The summed E-state index contributed by atoms with van der Waals surface area (Å²) in [6.07, 6.45) is 2.76. The fraction of sp³-hybridized carbons (Fsp3) is 0.462. The first-order chi connectivity index (χ1) is 8.70. The number of imidazole rings is 1. The average molecular weight is 248 g/mol. The van der Waals surface area contributed by atoms with E-state index in [4.69, 9.17) is 10.8 Å². The summed E-state index contributed by atoms with van der Waals surface area (Å²) in [5.74, 6) is 0. The molecule has 0 aliphatic heterocycles. The molecule has 0 bridgehead atoms. The van der Waals surface area contributed by atoms with Gasteiger partial charge in [-0.2, -0.15) is 0 Å². The molecule has 0 saturated heterocycles. The summed E-state index contributed by atoms with van der Waals surface area (Å²) in [4.78, 5) is 4.34. The average Bonchev–Trinajstić information content (AvgIpc) is 2.76. The topological polar surface area (TPSA) is 76.1 Å². The van der Waals surface area contributed by atoms with Crippen molar-refractivity contribution < 1.29 is 5.11 Å². The number of rotatable bonds is 6. The summed E-state index contributed by atoms with van der Waals surface area (Å²) in [6, 6.07) is 6.15. The molecule has 0 amide bonds. The van der Waals surface area contributed by atoms with E-state index >= 15 is 0 Å². The van der Waals surface area contributed by atoms with Gasteiger partial charge in [0, 0.05) is 19.6 Å². The van der Waals surface area contributed by atoms with Crippen LogP contribution in [0, 0.1) is 0 Å². The molecule has 5 nitrogen and oxygen atoms in total. The van der Waals surface area contributed by atoms with E-state index in [0.717, 1.165) is 24.0 Å². The number of benzene rings is 1. The van der Waals surface area contributed by atoms with Gasteiger partial charge in [0.15, 0.2) is 0 Å². The number of fused-ring (bicyclic) bond motifs is 1. The van der Waals surface area contributed by atoms with Crippen LogP contribution in [0.1, 0.15) is 5.56 Å². The third-order valence-electron chi connectivity index (χ3n) is 3.02. The zero-order valence-corrected chi connectivity index (χ0v) is 10.6. The highest BCUT2D eigenvalue weighted by Gasteiger charge is 2.02. The van der Waals surface area contributed by atoms with Crippen molar-refractivity contribution in [1.29, 1.82) is 0 Å². The first-order valence-electron chi connectivity index (χ1n) is 6.18. The number of nitrogens with zero attached hydrogens (tertiary/aromatic N) is 2. The molecule has 0 fully saturated rings. The number of hydrogen-bond acceptors (Lipinski definition) is 4. The largest absolute Gasteiger partial charge is 0.395 e. The molecule has 1 atom stereocenters. The molecule has 0 spiro atoms. The van der Waals surface area contributed by atoms with Gasteiger partial charge < -0.3 is 20.7 Å². The van der Waals surface area contributed by atoms with E-state index in [9.17, 15) is 0 Å². The number of aliphatic hydroxyl groups excluding tert-OH is 1. The Hall–Kier alpha value is -1.43. The maximum atomic E-state index is 8.80. The Kier molecular flexibility index (Phi) is 4.30. The first kappa shape index (κ1) is 13.0. The molecule has 1 unspecified atom stereocenters. The second kappa shape index (κ2) is 5.95. The van der Waals surface area contributed by atoms with Crippen LogP contribution in [0.4, 0.5) is 0 Å². The maximum absolute atomic E-state index is 8.80. The zero-order chi connectivity index (χ0) is 13.0. The molecule has 1 aromatic heterocycles. The normalized spacial score (nSPS) is 13.1. The molecule has 0 radical (unpaired) electrons. The van der Waals surface area contributed by atoms with Crippen LogP contribution < -0.4 is 11.1 Å². The van der Waals surface area contributed by atoms with Gasteiger partial charge in [-0.25, -0.2) is 4.98 Å². The van der Waals surface area contributed by atoms with E-state index in [-0.39, 0.29) is 12.6 Å². The summed E-state index contributed by atoms with van der Waals surface area (Å²) >= 11 is 0. The second-order valence-corrected chi connectivity index (χ2v) is 4.58. The van der Waals surface area contributed by atoms with Crippen LogP contribution in [-0.2, 0) is 13.5 Å². The number of nitrogens with one attached hydrogen (secondary N) is 1. The molecular formula is C13H20N4O. The predicted octanol–water partition coefficient (Wildman–Crippen LogP) is 0.0250. The lowest BCUT2D eigenvalue weighted by Crippen LogP contribution is -2.37. The Morgan fingerprint density at radius 3 is 3.11 bits per heavy atom. The van der Waals surface area contributed by atoms with Gasteiger partial charge in [-0.05, 0) is 30.7 Å². The van der Waals surface area contributed by atoms with Gasteiger partial charge in [0.1, 0.15) is 0 Å². The molecule has 4 N–H and O–H groups in total. The second-order valence-electron chi connectivity index (χ2n) is 4.58. The van der Waals surface area contributed by atoms with Crippen molar-refractivity contribution in [3.05, 3.63) is 30.1 Å². The summed E-state index contributed by atoms with van der Waals surface area (Å²) < 4.78 is 2.01. The highest BCUT2D eigenvalue weighted by molar-refractivity contribution is 5.75. The molecular weight excluding hydrogens is 228 g/mol. The number of hydrogen-bond donors (Lipinski definition) is 3. The van der Waals surface area contributed by atoms with Crippen molar-refractivity contribution in [3.63, 3.8) is 0 Å². The molecule has 2 rings (SSSR count). The predicted molar refractivity (Wildman–Crippen MR) is 72.3 cm³/mol. The molecule has 5 heteroatoms. The third kappa shape index (κ3) is 3.07. The minimum absolute atomic E-state index is 0.0207. The molecule has 1 aromatic carbocycles. The standard InChI is InChI=1S/C13H20N4O/c1-17-9-16-12-6-10(2-3-13(12)17)4-5-15-7-11(14)8-18/h2-3,6,9,11,15,18H,4-5,7-8,14H2,1H3. The number of aromatic nitrogens is 2. The first-order valence-corrected chi connectivity index (χ1v) is 6.18. The third-order valence-corrected chi connectivity index (χ3v) is 3.02. The fourth-order valence-corrected chi connectivity index (χ4v) is 1.92. The number of nitrogens with two attached hydrogens (primary N) is 1. The molecule has 2 aromatic rings. The zero-order valence-electron chi connectivity index (χ0n) is 10.6. The minimum Gasteiger partial charge on any atom is -0.395 e. The van der Waals surface area contributed by atoms with Crippen LogP contribution in [0.5, 0.6) is 0 Å². The molecule has 98 valence electrons. The van der Waals surface area contributed by atoms with E-state index in [1.54, 1.807) is 0 Å². The lowest BCUT2D eigenvalue weighted by molar-refractivity contribution is 0.262. The highest BCUT2D eigenvalue weighted by Crippen LogP contribution is 2.13. The van der Waals surface area contributed by atoms with Crippen LogP contribution >= 0.6 is 0 Å². The van der Waals surface area contributed by atoms with Gasteiger partial charge in [0.25, 0.3) is 0 Å². The van der Waals surface area contributed by atoms with Crippen LogP contribution in [0.3, 0.4) is 0 Å². The lowest BCUT2D eigenvalue weighted by Gasteiger charge is -2.09. The highest BCUT2D eigenvalue weighted by atomic mass is 16.3. The fourth-order valence-electron chi connectivity index (χ4n) is 1.92. The Labute approximate surface area is 107 Å². The number of aliphatic hydroxyl groups is 1. The van der Waals surface area contributed by atoms with E-state index in [1.165, 1.54) is 5.56 Å². The van der Waals surface area contributed by atoms with Gasteiger partial charge >= 0.3 is 0 Å². The molecule has 1 heterocycles. The van der Waals surface area contributed by atoms with Crippen molar-refractivity contribution >= 4 is 11.0 Å². The van der Waals surface area contributed by atoms with Crippen molar-refractivity contribution in [2.75, 3.05) is 19.7 Å². The van der Waals surface area contributed by atoms with Crippen LogP contribution in [-0.4, -0.2) is 40.4 Å². The molecule has 0 aliphatic rings. The Bertz CT molecular complexity index is 509. The van der Waals surface area contributed by atoms with Crippen molar-refractivity contribution in [2.24, 2.45) is 12.8 Å². The van der Waals surface area contributed by atoms with E-state index in [1.807, 2.05) is 17.9 Å².